The van der Waals surface area contributed by atoms with Crippen LogP contribution in [0.5, 0.6) is 0 Å². The Bertz CT molecular complexity index is 1120. The van der Waals surface area contributed by atoms with Gasteiger partial charge in [-0.2, -0.15) is 0 Å². The summed E-state index contributed by atoms with van der Waals surface area (Å²) in [6.45, 7) is 3.39. The van der Waals surface area contributed by atoms with Gasteiger partial charge in [0.15, 0.2) is 6.29 Å². The minimum atomic E-state index is -1.67. The van der Waals surface area contributed by atoms with Gasteiger partial charge in [0, 0.05) is 0 Å². The van der Waals surface area contributed by atoms with Gasteiger partial charge in [-0.05, 0) is 77.0 Å². The molecule has 0 aromatic carbocycles. The summed E-state index contributed by atoms with van der Waals surface area (Å²) in [6.07, 6.45) is 37.8. The van der Waals surface area contributed by atoms with Crippen molar-refractivity contribution in [3.05, 3.63) is 36.5 Å². The lowest BCUT2D eigenvalue weighted by Crippen LogP contribution is -2.60. The van der Waals surface area contributed by atoms with Crippen molar-refractivity contribution < 1.29 is 50.0 Å². The Kier molecular flexibility index (Phi) is 39.3. The van der Waals surface area contributed by atoms with Crippen molar-refractivity contribution in [3.8, 4) is 0 Å². The first kappa shape index (κ1) is 59.3. The summed E-state index contributed by atoms with van der Waals surface area (Å²) in [4.78, 5) is 13.1. The first-order valence-corrected chi connectivity index (χ1v) is 25.9. The zero-order valence-electron chi connectivity index (χ0n) is 40.1. The molecule has 0 bridgehead atoms. The molecule has 1 fully saturated rings. The van der Waals surface area contributed by atoms with E-state index in [1.165, 1.54) is 128 Å². The van der Waals surface area contributed by atoms with Gasteiger partial charge in [-0.25, -0.2) is 0 Å². The van der Waals surface area contributed by atoms with Crippen molar-refractivity contribution in [1.29, 1.82) is 0 Å². The van der Waals surface area contributed by atoms with Crippen LogP contribution >= 0.6 is 0 Å². The molecule has 0 spiro atoms. The quantitative estimate of drug-likeness (QED) is 0.0216. The first-order valence-electron chi connectivity index (χ1n) is 25.9. The Labute approximate surface area is 384 Å². The van der Waals surface area contributed by atoms with Crippen molar-refractivity contribution >= 4 is 5.91 Å². The van der Waals surface area contributed by atoms with Crippen LogP contribution in [0.15, 0.2) is 36.5 Å². The van der Waals surface area contributed by atoms with E-state index < -0.39 is 74.2 Å². The van der Waals surface area contributed by atoms with Crippen molar-refractivity contribution in [2.24, 2.45) is 0 Å². The van der Waals surface area contributed by atoms with Crippen LogP contribution in [0.4, 0.5) is 0 Å². The largest absolute Gasteiger partial charge is 0.394 e. The fraction of sp³-hybridized carbons (Fsp3) is 0.865. The summed E-state index contributed by atoms with van der Waals surface area (Å²) in [5, 5.41) is 75.7. The van der Waals surface area contributed by atoms with Crippen molar-refractivity contribution in [2.75, 3.05) is 13.2 Å². The minimum Gasteiger partial charge on any atom is -0.394 e. The number of aliphatic hydroxyl groups is 7. The second kappa shape index (κ2) is 41.7. The number of nitrogens with one attached hydrogen (secondary N) is 1. The highest BCUT2D eigenvalue weighted by atomic mass is 16.7. The number of amides is 1. The Morgan fingerprint density at radius 2 is 0.952 bits per heavy atom. The molecule has 0 radical (unpaired) electrons. The molecule has 370 valence electrons. The van der Waals surface area contributed by atoms with Gasteiger partial charge in [-0.15, -0.1) is 0 Å². The number of unbranched alkanes of at least 4 members (excludes halogenated alkanes) is 25. The third kappa shape index (κ3) is 31.0. The number of carbonyl (C=O) groups excluding carboxylic acids is 1. The summed E-state index contributed by atoms with van der Waals surface area (Å²) < 4.78 is 11.1. The molecule has 63 heavy (non-hydrogen) atoms. The van der Waals surface area contributed by atoms with Crippen LogP contribution in [-0.4, -0.2) is 110 Å². The molecule has 1 aliphatic rings. The van der Waals surface area contributed by atoms with Crippen molar-refractivity contribution in [3.63, 3.8) is 0 Å². The Morgan fingerprint density at radius 3 is 1.44 bits per heavy atom. The Hall–Kier alpha value is -1.67. The number of ether oxygens (including phenoxy) is 2. The average Bonchev–Trinajstić information content (AvgIpc) is 3.28. The molecule has 8 N–H and O–H groups in total. The molecule has 9 unspecified atom stereocenters. The van der Waals surface area contributed by atoms with Crippen LogP contribution in [0.25, 0.3) is 0 Å². The predicted molar refractivity (Wildman–Crippen MR) is 256 cm³/mol. The van der Waals surface area contributed by atoms with E-state index in [-0.39, 0.29) is 12.8 Å². The lowest BCUT2D eigenvalue weighted by atomic mass is 9.98. The van der Waals surface area contributed by atoms with Gasteiger partial charge < -0.3 is 50.5 Å². The van der Waals surface area contributed by atoms with Gasteiger partial charge in [0.1, 0.15) is 36.6 Å². The number of carbonyl (C=O) groups is 1. The smallest absolute Gasteiger partial charge is 0.249 e. The van der Waals surface area contributed by atoms with Crippen LogP contribution in [-0.2, 0) is 14.3 Å². The number of rotatable bonds is 43. The van der Waals surface area contributed by atoms with E-state index >= 15 is 0 Å². The SMILES string of the molecule is CCCCC/C=C/CC/C=C/CCCC(O)C(O)C(COC1OC(CO)C(O)C(O)C1O)NC(=O)C(O)CCCCCCCCCC/C=C\CCCCCCCCCCCCCC. The normalized spacial score (nSPS) is 21.4. The highest BCUT2D eigenvalue weighted by Crippen LogP contribution is 2.23. The van der Waals surface area contributed by atoms with E-state index in [1.54, 1.807) is 0 Å². The van der Waals surface area contributed by atoms with Gasteiger partial charge in [0.05, 0.1) is 25.4 Å². The zero-order chi connectivity index (χ0) is 46.2. The predicted octanol–water partition coefficient (Wildman–Crippen LogP) is 9.56. The van der Waals surface area contributed by atoms with Crippen LogP contribution in [0.1, 0.15) is 219 Å². The third-order valence-electron chi connectivity index (χ3n) is 12.4. The summed E-state index contributed by atoms with van der Waals surface area (Å²) >= 11 is 0. The molecule has 1 aliphatic heterocycles. The molecular formula is C52H97NO10. The molecule has 0 aromatic heterocycles. The molecule has 0 aliphatic carbocycles. The average molecular weight is 896 g/mol. The van der Waals surface area contributed by atoms with Crippen LogP contribution in [0.3, 0.4) is 0 Å². The van der Waals surface area contributed by atoms with E-state index in [4.69, 9.17) is 9.47 Å². The molecule has 1 amide bonds. The maximum Gasteiger partial charge on any atom is 0.249 e. The lowest BCUT2D eigenvalue weighted by Gasteiger charge is -2.40. The molecule has 1 heterocycles. The molecule has 11 heteroatoms. The highest BCUT2D eigenvalue weighted by molar-refractivity contribution is 5.80. The second-order valence-corrected chi connectivity index (χ2v) is 18.2. The topological polar surface area (TPSA) is 189 Å². The number of aliphatic hydroxyl groups excluding tert-OH is 7. The van der Waals surface area contributed by atoms with E-state index in [0.717, 1.165) is 44.9 Å². The van der Waals surface area contributed by atoms with E-state index in [2.05, 4.69) is 55.6 Å². The molecule has 0 aromatic rings. The van der Waals surface area contributed by atoms with E-state index in [1.807, 2.05) is 0 Å². The number of hydrogen-bond donors (Lipinski definition) is 8. The Balaban J connectivity index is 2.34. The van der Waals surface area contributed by atoms with E-state index in [9.17, 15) is 40.5 Å². The molecule has 1 rings (SSSR count). The molecule has 0 saturated carbocycles. The first-order chi connectivity index (χ1) is 30.7. The maximum absolute atomic E-state index is 13.1. The highest BCUT2D eigenvalue weighted by Gasteiger charge is 2.44. The zero-order valence-corrected chi connectivity index (χ0v) is 40.1. The van der Waals surface area contributed by atoms with Crippen LogP contribution in [0.2, 0.25) is 0 Å². The monoisotopic (exact) mass is 896 g/mol. The summed E-state index contributed by atoms with van der Waals surface area (Å²) in [5.74, 6) is -0.714. The standard InChI is InChI=1S/C52H97NO10/c1-3-5-7-9-11-13-15-17-18-19-20-21-22-23-24-25-26-27-28-30-32-34-36-38-40-45(56)51(61)53-43(42-62-52-50(60)49(59)48(58)46(41-54)63-52)47(57)44(55)39-37-35-33-31-29-16-14-12-10-8-6-4-2/h12,14,23-24,31,33,43-50,52,54-60H,3-11,13,15-22,25-30,32,34-42H2,1-2H3,(H,53,61)/b14-12+,24-23-,33-31+. The van der Waals surface area contributed by atoms with Gasteiger partial charge in [-0.1, -0.05) is 179 Å². The van der Waals surface area contributed by atoms with Crippen molar-refractivity contribution in [1.82, 2.24) is 5.32 Å². The Morgan fingerprint density at radius 1 is 0.540 bits per heavy atom. The number of hydrogen-bond acceptors (Lipinski definition) is 10. The van der Waals surface area contributed by atoms with Crippen LogP contribution in [0, 0.1) is 0 Å². The number of allylic oxidation sites excluding steroid dienone is 6. The molecule has 9 atom stereocenters. The lowest BCUT2D eigenvalue weighted by molar-refractivity contribution is -0.303. The maximum atomic E-state index is 13.1. The summed E-state index contributed by atoms with van der Waals surface area (Å²) in [5.41, 5.74) is 0. The third-order valence-corrected chi connectivity index (χ3v) is 12.4. The second-order valence-electron chi connectivity index (χ2n) is 18.2. The van der Waals surface area contributed by atoms with Gasteiger partial charge in [0.2, 0.25) is 5.91 Å². The fourth-order valence-electron chi connectivity index (χ4n) is 8.10. The fourth-order valence-corrected chi connectivity index (χ4v) is 8.10. The van der Waals surface area contributed by atoms with Crippen molar-refractivity contribution in [2.45, 2.75) is 274 Å². The molecule has 11 nitrogen and oxygen atoms in total. The van der Waals surface area contributed by atoms with Gasteiger partial charge in [-0.3, -0.25) is 4.79 Å². The summed E-state index contributed by atoms with van der Waals surface area (Å²) in [6, 6.07) is -1.19. The summed E-state index contributed by atoms with van der Waals surface area (Å²) in [7, 11) is 0. The molecule has 1 saturated heterocycles. The van der Waals surface area contributed by atoms with Crippen LogP contribution < -0.4 is 5.32 Å². The molecular weight excluding hydrogens is 799 g/mol. The van der Waals surface area contributed by atoms with Gasteiger partial charge >= 0.3 is 0 Å². The van der Waals surface area contributed by atoms with E-state index in [0.29, 0.717) is 19.3 Å². The van der Waals surface area contributed by atoms with Gasteiger partial charge in [0.25, 0.3) is 0 Å². The minimum absolute atomic E-state index is 0.244.